The van der Waals surface area contributed by atoms with Crippen molar-refractivity contribution in [2.24, 2.45) is 11.1 Å². The molecule has 2 aliphatic rings. The van der Waals surface area contributed by atoms with Crippen LogP contribution in [0.25, 0.3) is 0 Å². The zero-order valence-corrected chi connectivity index (χ0v) is 11.9. The predicted molar refractivity (Wildman–Crippen MR) is 71.5 cm³/mol. The third kappa shape index (κ3) is 4.13. The topological polar surface area (TPSA) is 95.7 Å². The van der Waals surface area contributed by atoms with Crippen molar-refractivity contribution in [1.82, 2.24) is 14.5 Å². The summed E-state index contributed by atoms with van der Waals surface area (Å²) in [5.74, 6) is 0.603. The van der Waals surface area contributed by atoms with Gasteiger partial charge in [-0.25, -0.2) is 5.14 Å². The summed E-state index contributed by atoms with van der Waals surface area (Å²) in [6.45, 7) is 3.46. The molecule has 0 bridgehead atoms. The van der Waals surface area contributed by atoms with Gasteiger partial charge in [-0.1, -0.05) is 0 Å². The quantitative estimate of drug-likeness (QED) is 0.677. The fraction of sp³-hybridized carbons (Fsp3) is 0.909. The fourth-order valence-electron chi connectivity index (χ4n) is 2.65. The Labute approximate surface area is 114 Å². The summed E-state index contributed by atoms with van der Waals surface area (Å²) in [6.07, 6.45) is 2.67. The minimum atomic E-state index is -3.62. The number of piperazine rings is 1. The van der Waals surface area contributed by atoms with Crippen LogP contribution in [0.15, 0.2) is 0 Å². The van der Waals surface area contributed by atoms with Crippen molar-refractivity contribution in [2.75, 3.05) is 39.3 Å². The van der Waals surface area contributed by atoms with Gasteiger partial charge in [0.05, 0.1) is 0 Å². The van der Waals surface area contributed by atoms with E-state index in [-0.39, 0.29) is 5.91 Å². The molecule has 0 atom stereocenters. The average molecular weight is 290 g/mol. The SMILES string of the molecule is NS(=O)(=O)N1CCN(C(=O)CC2CCNCC2)CC1. The zero-order valence-electron chi connectivity index (χ0n) is 11.0. The molecule has 0 aliphatic carbocycles. The van der Waals surface area contributed by atoms with Gasteiger partial charge in [0, 0.05) is 32.6 Å². The van der Waals surface area contributed by atoms with Crippen LogP contribution < -0.4 is 10.5 Å². The number of piperidine rings is 1. The van der Waals surface area contributed by atoms with E-state index in [9.17, 15) is 13.2 Å². The molecule has 3 N–H and O–H groups in total. The maximum atomic E-state index is 12.1. The molecule has 7 nitrogen and oxygen atoms in total. The summed E-state index contributed by atoms with van der Waals surface area (Å²) in [5.41, 5.74) is 0. The van der Waals surface area contributed by atoms with Gasteiger partial charge in [-0.15, -0.1) is 0 Å². The van der Waals surface area contributed by atoms with Gasteiger partial charge in [-0.3, -0.25) is 4.79 Å². The Morgan fingerprint density at radius 3 is 2.26 bits per heavy atom. The number of amides is 1. The molecule has 0 aromatic carbocycles. The molecule has 0 aromatic heterocycles. The normalized spacial score (nSPS) is 23.5. The Hall–Kier alpha value is -0.700. The number of hydrogen-bond donors (Lipinski definition) is 2. The van der Waals surface area contributed by atoms with Crippen LogP contribution >= 0.6 is 0 Å². The first-order chi connectivity index (χ1) is 8.97. The number of nitrogens with zero attached hydrogens (tertiary/aromatic N) is 2. The van der Waals surface area contributed by atoms with E-state index in [2.05, 4.69) is 5.32 Å². The smallest absolute Gasteiger partial charge is 0.277 e. The molecule has 1 amide bonds. The summed E-state index contributed by atoms with van der Waals surface area (Å²) in [6, 6.07) is 0. The number of carbonyl (C=O) groups is 1. The highest BCUT2D eigenvalue weighted by atomic mass is 32.2. The number of carbonyl (C=O) groups excluding carboxylic acids is 1. The maximum Gasteiger partial charge on any atom is 0.277 e. The van der Waals surface area contributed by atoms with E-state index in [0.29, 0.717) is 38.5 Å². The molecule has 0 unspecified atom stereocenters. The van der Waals surface area contributed by atoms with Crippen molar-refractivity contribution >= 4 is 16.1 Å². The van der Waals surface area contributed by atoms with E-state index in [0.717, 1.165) is 25.9 Å². The molecule has 0 radical (unpaired) electrons. The lowest BCUT2D eigenvalue weighted by Crippen LogP contribution is -2.52. The van der Waals surface area contributed by atoms with Crippen LogP contribution in [0, 0.1) is 5.92 Å². The Morgan fingerprint density at radius 2 is 1.74 bits per heavy atom. The van der Waals surface area contributed by atoms with Crippen LogP contribution in [-0.2, 0) is 15.0 Å². The highest BCUT2D eigenvalue weighted by molar-refractivity contribution is 7.86. The number of nitrogens with two attached hydrogens (primary N) is 1. The van der Waals surface area contributed by atoms with E-state index in [1.807, 2.05) is 0 Å². The van der Waals surface area contributed by atoms with Crippen molar-refractivity contribution in [2.45, 2.75) is 19.3 Å². The van der Waals surface area contributed by atoms with Crippen LogP contribution in [0.1, 0.15) is 19.3 Å². The minimum absolute atomic E-state index is 0.140. The third-order valence-electron chi connectivity index (χ3n) is 3.87. The minimum Gasteiger partial charge on any atom is -0.340 e. The first-order valence-corrected chi connectivity index (χ1v) is 8.23. The molecule has 2 heterocycles. The van der Waals surface area contributed by atoms with E-state index in [4.69, 9.17) is 5.14 Å². The van der Waals surface area contributed by atoms with Crippen molar-refractivity contribution in [3.63, 3.8) is 0 Å². The van der Waals surface area contributed by atoms with Gasteiger partial charge in [-0.05, 0) is 31.8 Å². The summed E-state index contributed by atoms with van der Waals surface area (Å²) >= 11 is 0. The predicted octanol–water partition coefficient (Wildman–Crippen LogP) is -1.28. The lowest BCUT2D eigenvalue weighted by Gasteiger charge is -2.34. The zero-order chi connectivity index (χ0) is 13.9. The highest BCUT2D eigenvalue weighted by Crippen LogP contribution is 2.18. The van der Waals surface area contributed by atoms with Gasteiger partial charge in [0.1, 0.15) is 0 Å². The molecule has 2 rings (SSSR count). The fourth-order valence-corrected chi connectivity index (χ4v) is 3.33. The van der Waals surface area contributed by atoms with Gasteiger partial charge in [0.2, 0.25) is 5.91 Å². The van der Waals surface area contributed by atoms with Crippen LogP contribution in [0.4, 0.5) is 0 Å². The van der Waals surface area contributed by atoms with E-state index in [1.165, 1.54) is 4.31 Å². The van der Waals surface area contributed by atoms with Gasteiger partial charge < -0.3 is 10.2 Å². The lowest BCUT2D eigenvalue weighted by molar-refractivity contribution is -0.133. The first-order valence-electron chi connectivity index (χ1n) is 6.73. The lowest BCUT2D eigenvalue weighted by atomic mass is 9.94. The Kier molecular flexibility index (Phi) is 4.77. The second kappa shape index (κ2) is 6.17. The van der Waals surface area contributed by atoms with E-state index in [1.54, 1.807) is 4.90 Å². The maximum absolute atomic E-state index is 12.1. The molecule has 0 saturated carbocycles. The first kappa shape index (κ1) is 14.7. The number of nitrogens with one attached hydrogen (secondary N) is 1. The molecule has 0 aromatic rings. The summed E-state index contributed by atoms with van der Waals surface area (Å²) in [7, 11) is -3.62. The van der Waals surface area contributed by atoms with Gasteiger partial charge in [0.25, 0.3) is 10.2 Å². The van der Waals surface area contributed by atoms with E-state index < -0.39 is 10.2 Å². The molecular weight excluding hydrogens is 268 g/mol. The van der Waals surface area contributed by atoms with Crippen molar-refractivity contribution in [1.29, 1.82) is 0 Å². The molecule has 2 aliphatic heterocycles. The van der Waals surface area contributed by atoms with Crippen LogP contribution in [-0.4, -0.2) is 62.8 Å². The second-order valence-electron chi connectivity index (χ2n) is 5.22. The largest absolute Gasteiger partial charge is 0.340 e. The van der Waals surface area contributed by atoms with Crippen LogP contribution in [0.2, 0.25) is 0 Å². The second-order valence-corrected chi connectivity index (χ2v) is 6.77. The average Bonchev–Trinajstić information content (AvgIpc) is 2.39. The van der Waals surface area contributed by atoms with Crippen molar-refractivity contribution in [3.05, 3.63) is 0 Å². The van der Waals surface area contributed by atoms with Crippen molar-refractivity contribution in [3.8, 4) is 0 Å². The summed E-state index contributed by atoms with van der Waals surface area (Å²) in [5, 5.41) is 8.35. The number of rotatable bonds is 3. The van der Waals surface area contributed by atoms with Crippen LogP contribution in [0.5, 0.6) is 0 Å². The Balaban J connectivity index is 1.79. The number of hydrogen-bond acceptors (Lipinski definition) is 4. The van der Waals surface area contributed by atoms with Gasteiger partial charge in [-0.2, -0.15) is 12.7 Å². The van der Waals surface area contributed by atoms with Crippen molar-refractivity contribution < 1.29 is 13.2 Å². The van der Waals surface area contributed by atoms with Crippen LogP contribution in [0.3, 0.4) is 0 Å². The molecule has 110 valence electrons. The highest BCUT2D eigenvalue weighted by Gasteiger charge is 2.27. The Bertz CT molecular complexity index is 412. The summed E-state index contributed by atoms with van der Waals surface area (Å²) < 4.78 is 23.6. The standard InChI is InChI=1S/C11H22N4O3S/c12-19(17,18)15-7-5-14(6-8-15)11(16)9-10-1-3-13-4-2-10/h10,13H,1-9H2,(H2,12,17,18). The molecule has 8 heteroatoms. The monoisotopic (exact) mass is 290 g/mol. The molecule has 2 saturated heterocycles. The molecule has 19 heavy (non-hydrogen) atoms. The molecule has 2 fully saturated rings. The summed E-state index contributed by atoms with van der Waals surface area (Å²) in [4.78, 5) is 13.9. The molecule has 0 spiro atoms. The van der Waals surface area contributed by atoms with E-state index >= 15 is 0 Å². The van der Waals surface area contributed by atoms with Gasteiger partial charge >= 0.3 is 0 Å². The molecular formula is C11H22N4O3S. The Morgan fingerprint density at radius 1 is 1.16 bits per heavy atom. The van der Waals surface area contributed by atoms with Gasteiger partial charge in [0.15, 0.2) is 0 Å². The third-order valence-corrected chi connectivity index (χ3v) is 4.96.